The van der Waals surface area contributed by atoms with Gasteiger partial charge in [-0.3, -0.25) is 9.59 Å². The molecule has 0 unspecified atom stereocenters. The van der Waals surface area contributed by atoms with Gasteiger partial charge >= 0.3 is 5.97 Å². The van der Waals surface area contributed by atoms with E-state index in [0.717, 1.165) is 11.3 Å². The van der Waals surface area contributed by atoms with Crippen molar-refractivity contribution < 1.29 is 19.1 Å². The maximum Gasteiger partial charge on any atom is 0.306 e. The summed E-state index contributed by atoms with van der Waals surface area (Å²) in [5.41, 5.74) is 1.70. The predicted molar refractivity (Wildman–Crippen MR) is 105 cm³/mol. The van der Waals surface area contributed by atoms with Crippen molar-refractivity contribution in [3.63, 3.8) is 0 Å². The largest absolute Gasteiger partial charge is 0.457 e. The van der Waals surface area contributed by atoms with E-state index in [0.29, 0.717) is 17.9 Å². The highest BCUT2D eigenvalue weighted by molar-refractivity contribution is 7.07. The van der Waals surface area contributed by atoms with Crippen molar-refractivity contribution in [1.29, 1.82) is 0 Å². The number of para-hydroxylation sites is 1. The Hall–Kier alpha value is -3.12. The smallest absolute Gasteiger partial charge is 0.306 e. The second-order valence-electron chi connectivity index (χ2n) is 5.78. The van der Waals surface area contributed by atoms with Gasteiger partial charge in [-0.2, -0.15) is 11.3 Å². The fraction of sp³-hybridized carbons (Fsp3) is 0.143. The molecule has 3 aromatic rings. The quantitative estimate of drug-likeness (QED) is 0.577. The van der Waals surface area contributed by atoms with Crippen LogP contribution in [0.2, 0.25) is 0 Å². The summed E-state index contributed by atoms with van der Waals surface area (Å²) in [6, 6.07) is 18.4. The molecule has 0 atom stereocenters. The molecular weight excluding hydrogens is 362 g/mol. The summed E-state index contributed by atoms with van der Waals surface area (Å²) in [4.78, 5) is 23.6. The van der Waals surface area contributed by atoms with Gasteiger partial charge in [0.05, 0.1) is 0 Å². The van der Waals surface area contributed by atoms with E-state index in [-0.39, 0.29) is 24.9 Å². The third kappa shape index (κ3) is 6.27. The molecule has 5 nitrogen and oxygen atoms in total. The summed E-state index contributed by atoms with van der Waals surface area (Å²) in [6.07, 6.45) is 0.877. The lowest BCUT2D eigenvalue weighted by Crippen LogP contribution is -2.21. The van der Waals surface area contributed by atoms with E-state index in [9.17, 15) is 9.59 Å². The highest BCUT2D eigenvalue weighted by Crippen LogP contribution is 2.22. The lowest BCUT2D eigenvalue weighted by molar-refractivity contribution is -0.147. The minimum absolute atomic E-state index is 0.259. The molecule has 0 saturated carbocycles. The number of benzene rings is 2. The lowest BCUT2D eigenvalue weighted by Gasteiger charge is -2.08. The van der Waals surface area contributed by atoms with Gasteiger partial charge in [-0.25, -0.2) is 0 Å². The van der Waals surface area contributed by atoms with Crippen LogP contribution in [0.4, 0.5) is 5.69 Å². The number of nitrogens with one attached hydrogen (secondary N) is 1. The van der Waals surface area contributed by atoms with Gasteiger partial charge in [-0.1, -0.05) is 18.2 Å². The van der Waals surface area contributed by atoms with Gasteiger partial charge in [0.25, 0.3) is 5.91 Å². The van der Waals surface area contributed by atoms with Crippen molar-refractivity contribution in [2.45, 2.75) is 12.8 Å². The topological polar surface area (TPSA) is 64.6 Å². The maximum absolute atomic E-state index is 11.9. The van der Waals surface area contributed by atoms with Crippen molar-refractivity contribution in [2.75, 3.05) is 11.9 Å². The lowest BCUT2D eigenvalue weighted by atomic mass is 10.2. The summed E-state index contributed by atoms with van der Waals surface area (Å²) in [5, 5.41) is 6.64. The van der Waals surface area contributed by atoms with E-state index in [2.05, 4.69) is 5.32 Å². The average Bonchev–Trinajstić information content (AvgIpc) is 3.21. The van der Waals surface area contributed by atoms with Crippen molar-refractivity contribution in [2.24, 2.45) is 0 Å². The third-order valence-electron chi connectivity index (χ3n) is 3.68. The highest BCUT2D eigenvalue weighted by Gasteiger charge is 2.09. The number of rotatable bonds is 8. The minimum Gasteiger partial charge on any atom is -0.457 e. The molecule has 0 bridgehead atoms. The first-order valence-corrected chi connectivity index (χ1v) is 9.43. The van der Waals surface area contributed by atoms with Crippen molar-refractivity contribution in [3.05, 3.63) is 77.0 Å². The monoisotopic (exact) mass is 381 g/mol. The molecule has 0 aliphatic rings. The number of carbonyl (C=O) groups excluding carboxylic acids is 2. The molecule has 1 heterocycles. The Morgan fingerprint density at radius 2 is 1.67 bits per heavy atom. The average molecular weight is 381 g/mol. The maximum atomic E-state index is 11.9. The number of thiophene rings is 1. The van der Waals surface area contributed by atoms with Crippen LogP contribution in [0.3, 0.4) is 0 Å². The fourth-order valence-corrected chi connectivity index (χ4v) is 3.03. The Kier molecular flexibility index (Phi) is 6.60. The highest BCUT2D eigenvalue weighted by atomic mass is 32.1. The van der Waals surface area contributed by atoms with Gasteiger partial charge in [0.1, 0.15) is 11.5 Å². The van der Waals surface area contributed by atoms with Crippen LogP contribution in [0.15, 0.2) is 71.4 Å². The van der Waals surface area contributed by atoms with Crippen LogP contribution in [0.1, 0.15) is 12.0 Å². The normalized spacial score (nSPS) is 10.2. The van der Waals surface area contributed by atoms with Crippen molar-refractivity contribution in [3.8, 4) is 11.5 Å². The first kappa shape index (κ1) is 18.7. The molecule has 27 heavy (non-hydrogen) atoms. The number of amides is 1. The van der Waals surface area contributed by atoms with E-state index < -0.39 is 0 Å². The summed E-state index contributed by atoms with van der Waals surface area (Å²) < 4.78 is 10.7. The number of hydrogen-bond acceptors (Lipinski definition) is 5. The Bertz CT molecular complexity index is 861. The minimum atomic E-state index is -0.386. The molecule has 0 spiro atoms. The summed E-state index contributed by atoms with van der Waals surface area (Å²) in [7, 11) is 0. The Balaban J connectivity index is 1.40. The molecule has 0 fully saturated rings. The Labute approximate surface area is 161 Å². The van der Waals surface area contributed by atoms with E-state index in [1.165, 1.54) is 0 Å². The standard InChI is InChI=1S/C21H19NO4S/c23-20(14-25-21(24)11-6-16-12-13-27-15-16)22-17-7-9-19(10-8-17)26-18-4-2-1-3-5-18/h1-5,7-10,12-13,15H,6,11,14H2,(H,22,23). The second-order valence-corrected chi connectivity index (χ2v) is 6.56. The number of ether oxygens (including phenoxy) is 2. The zero-order valence-corrected chi connectivity index (χ0v) is 15.4. The van der Waals surface area contributed by atoms with Crippen LogP contribution >= 0.6 is 11.3 Å². The summed E-state index contributed by atoms with van der Waals surface area (Å²) >= 11 is 1.59. The van der Waals surface area contributed by atoms with Crippen LogP contribution in [0, 0.1) is 0 Å². The van der Waals surface area contributed by atoms with Crippen LogP contribution in [0.5, 0.6) is 11.5 Å². The molecule has 1 aromatic heterocycles. The molecule has 2 aromatic carbocycles. The number of hydrogen-bond donors (Lipinski definition) is 1. The number of carbonyl (C=O) groups is 2. The Morgan fingerprint density at radius 1 is 0.926 bits per heavy atom. The molecule has 138 valence electrons. The molecule has 1 amide bonds. The van der Waals surface area contributed by atoms with Gasteiger partial charge in [0.15, 0.2) is 6.61 Å². The molecule has 0 radical (unpaired) electrons. The zero-order valence-electron chi connectivity index (χ0n) is 14.6. The molecule has 6 heteroatoms. The molecule has 1 N–H and O–H groups in total. The SMILES string of the molecule is O=C(COC(=O)CCc1ccsc1)Nc1ccc(Oc2ccccc2)cc1. The van der Waals surface area contributed by atoms with E-state index in [1.54, 1.807) is 35.6 Å². The van der Waals surface area contributed by atoms with Gasteiger partial charge in [-0.15, -0.1) is 0 Å². The van der Waals surface area contributed by atoms with Crippen molar-refractivity contribution >= 4 is 28.9 Å². The molecule has 3 rings (SSSR count). The van der Waals surface area contributed by atoms with Gasteiger partial charge in [-0.05, 0) is 65.2 Å². The Morgan fingerprint density at radius 3 is 2.37 bits per heavy atom. The number of esters is 1. The third-order valence-corrected chi connectivity index (χ3v) is 4.41. The zero-order chi connectivity index (χ0) is 18.9. The van der Waals surface area contributed by atoms with Crippen LogP contribution < -0.4 is 10.1 Å². The summed E-state index contributed by atoms with van der Waals surface area (Å²) in [6.45, 7) is -0.301. The molecule has 0 aliphatic heterocycles. The van der Waals surface area contributed by atoms with Crippen LogP contribution in [0.25, 0.3) is 0 Å². The van der Waals surface area contributed by atoms with Gasteiger partial charge in [0, 0.05) is 12.1 Å². The summed E-state index contributed by atoms with van der Waals surface area (Å²) in [5.74, 6) is 0.640. The van der Waals surface area contributed by atoms with E-state index in [1.807, 2.05) is 47.2 Å². The molecule has 0 aliphatic carbocycles. The van der Waals surface area contributed by atoms with Crippen LogP contribution in [-0.4, -0.2) is 18.5 Å². The van der Waals surface area contributed by atoms with Crippen LogP contribution in [-0.2, 0) is 20.7 Å². The molecular formula is C21H19NO4S. The molecule has 0 saturated heterocycles. The number of anilines is 1. The fourth-order valence-electron chi connectivity index (χ4n) is 2.33. The number of aryl methyl sites for hydroxylation is 1. The second kappa shape index (κ2) is 9.54. The predicted octanol–water partition coefficient (Wildman–Crippen LogP) is 4.65. The first-order valence-electron chi connectivity index (χ1n) is 8.48. The van der Waals surface area contributed by atoms with E-state index >= 15 is 0 Å². The first-order chi connectivity index (χ1) is 13.2. The van der Waals surface area contributed by atoms with E-state index in [4.69, 9.17) is 9.47 Å². The van der Waals surface area contributed by atoms with Gasteiger partial charge in [0.2, 0.25) is 0 Å². The van der Waals surface area contributed by atoms with Crippen molar-refractivity contribution in [1.82, 2.24) is 0 Å². The van der Waals surface area contributed by atoms with Gasteiger partial charge < -0.3 is 14.8 Å².